The maximum Gasteiger partial charge on any atom is 0.337 e. The molecule has 3 heteroatoms. The van der Waals surface area contributed by atoms with E-state index in [4.69, 9.17) is 0 Å². The van der Waals surface area contributed by atoms with Gasteiger partial charge in [-0.25, -0.2) is 4.79 Å². The molecule has 0 aliphatic heterocycles. The third kappa shape index (κ3) is 3.72. The average Bonchev–Trinajstić information content (AvgIpc) is 2.26. The molecule has 0 saturated heterocycles. The van der Waals surface area contributed by atoms with E-state index in [1.807, 2.05) is 26.2 Å². The highest BCUT2D eigenvalue weighted by Crippen LogP contribution is 2.06. The van der Waals surface area contributed by atoms with E-state index in [-0.39, 0.29) is 5.97 Å². The van der Waals surface area contributed by atoms with Crippen LogP contribution in [0, 0.1) is 0 Å². The molecule has 0 spiro atoms. The summed E-state index contributed by atoms with van der Waals surface area (Å²) in [7, 11) is 5.48. The number of carbonyl (C=O) groups excluding carboxylic acids is 1. The first-order valence-corrected chi connectivity index (χ1v) is 4.95. The lowest BCUT2D eigenvalue weighted by Crippen LogP contribution is -2.15. The maximum absolute atomic E-state index is 11.2. The Morgan fingerprint density at radius 2 is 1.87 bits per heavy atom. The van der Waals surface area contributed by atoms with Gasteiger partial charge in [0.1, 0.15) is 0 Å². The summed E-state index contributed by atoms with van der Waals surface area (Å²) in [6.45, 7) is 1.01. The number of nitrogens with zero attached hydrogens (tertiary/aromatic N) is 1. The molecule has 0 saturated carbocycles. The van der Waals surface area contributed by atoms with Crippen molar-refractivity contribution in [2.75, 3.05) is 27.7 Å². The number of rotatable bonds is 4. The van der Waals surface area contributed by atoms with Gasteiger partial charge < -0.3 is 9.64 Å². The van der Waals surface area contributed by atoms with E-state index >= 15 is 0 Å². The van der Waals surface area contributed by atoms with Crippen LogP contribution in [0.3, 0.4) is 0 Å². The predicted octanol–water partition coefficient (Wildman–Crippen LogP) is 1.58. The number of hydrogen-bond acceptors (Lipinski definition) is 3. The Morgan fingerprint density at radius 3 is 2.33 bits per heavy atom. The summed E-state index contributed by atoms with van der Waals surface area (Å²) in [5.74, 6) is -0.283. The molecule has 3 nitrogen and oxygen atoms in total. The van der Waals surface area contributed by atoms with Crippen molar-refractivity contribution in [2.45, 2.75) is 6.42 Å². The van der Waals surface area contributed by atoms with Crippen molar-refractivity contribution in [2.24, 2.45) is 0 Å². The van der Waals surface area contributed by atoms with E-state index in [1.165, 1.54) is 12.7 Å². The predicted molar refractivity (Wildman–Crippen MR) is 60.0 cm³/mol. The summed E-state index contributed by atoms with van der Waals surface area (Å²) >= 11 is 0. The molecule has 0 bridgehead atoms. The summed E-state index contributed by atoms with van der Waals surface area (Å²) in [5, 5.41) is 0. The lowest BCUT2D eigenvalue weighted by molar-refractivity contribution is 0.0600. The van der Waals surface area contributed by atoms with Gasteiger partial charge in [-0.2, -0.15) is 0 Å². The zero-order chi connectivity index (χ0) is 11.3. The molecular formula is C12H17NO2. The second-order valence-electron chi connectivity index (χ2n) is 3.74. The number of methoxy groups -OCH3 is 1. The molecule has 1 aromatic carbocycles. The minimum absolute atomic E-state index is 0.283. The SMILES string of the molecule is COC(=O)c1ccc(CCN(C)C)cc1. The Labute approximate surface area is 90.7 Å². The molecule has 0 aromatic heterocycles. The summed E-state index contributed by atoms with van der Waals surface area (Å²) in [6, 6.07) is 7.54. The van der Waals surface area contributed by atoms with Crippen molar-refractivity contribution < 1.29 is 9.53 Å². The molecule has 0 atom stereocenters. The van der Waals surface area contributed by atoms with E-state index in [1.54, 1.807) is 12.1 Å². The van der Waals surface area contributed by atoms with Crippen molar-refractivity contribution in [1.82, 2.24) is 4.90 Å². The van der Waals surface area contributed by atoms with Crippen molar-refractivity contribution in [3.8, 4) is 0 Å². The lowest BCUT2D eigenvalue weighted by Gasteiger charge is -2.09. The monoisotopic (exact) mass is 207 g/mol. The smallest absolute Gasteiger partial charge is 0.337 e. The van der Waals surface area contributed by atoms with Crippen molar-refractivity contribution in [1.29, 1.82) is 0 Å². The molecule has 82 valence electrons. The molecule has 1 rings (SSSR count). The van der Waals surface area contributed by atoms with Gasteiger partial charge in [0, 0.05) is 6.54 Å². The first kappa shape index (κ1) is 11.7. The molecule has 0 aliphatic carbocycles. The van der Waals surface area contributed by atoms with E-state index in [0.717, 1.165) is 13.0 Å². The molecule has 0 amide bonds. The zero-order valence-corrected chi connectivity index (χ0v) is 9.49. The van der Waals surface area contributed by atoms with E-state index < -0.39 is 0 Å². The van der Waals surface area contributed by atoms with Gasteiger partial charge in [-0.05, 0) is 38.2 Å². The highest BCUT2D eigenvalue weighted by Gasteiger charge is 2.03. The highest BCUT2D eigenvalue weighted by atomic mass is 16.5. The third-order valence-corrected chi connectivity index (χ3v) is 2.22. The van der Waals surface area contributed by atoms with E-state index in [2.05, 4.69) is 9.64 Å². The van der Waals surface area contributed by atoms with Crippen molar-refractivity contribution in [3.63, 3.8) is 0 Å². The topological polar surface area (TPSA) is 29.5 Å². The van der Waals surface area contributed by atoms with Crippen LogP contribution < -0.4 is 0 Å². The molecule has 0 heterocycles. The van der Waals surface area contributed by atoms with Crippen LogP contribution in [-0.2, 0) is 11.2 Å². The Kier molecular flexibility index (Phi) is 4.31. The third-order valence-electron chi connectivity index (χ3n) is 2.22. The van der Waals surface area contributed by atoms with Crippen molar-refractivity contribution >= 4 is 5.97 Å². The minimum Gasteiger partial charge on any atom is -0.465 e. The number of likely N-dealkylation sites (N-methyl/N-ethyl adjacent to an activating group) is 1. The standard InChI is InChI=1S/C12H17NO2/c1-13(2)9-8-10-4-6-11(7-5-10)12(14)15-3/h4-7H,8-9H2,1-3H3. The summed E-state index contributed by atoms with van der Waals surface area (Å²) in [4.78, 5) is 13.3. The van der Waals surface area contributed by atoms with Crippen LogP contribution in [-0.4, -0.2) is 38.6 Å². The maximum atomic E-state index is 11.2. The Hall–Kier alpha value is -1.35. The second kappa shape index (κ2) is 5.51. The fourth-order valence-electron chi connectivity index (χ4n) is 1.28. The van der Waals surface area contributed by atoms with Gasteiger partial charge in [-0.15, -0.1) is 0 Å². The van der Waals surface area contributed by atoms with Gasteiger partial charge in [-0.3, -0.25) is 0 Å². The van der Waals surface area contributed by atoms with E-state index in [0.29, 0.717) is 5.56 Å². The van der Waals surface area contributed by atoms with Gasteiger partial charge in [-0.1, -0.05) is 12.1 Å². The normalized spacial score (nSPS) is 10.4. The van der Waals surface area contributed by atoms with Crippen LogP contribution in [0.1, 0.15) is 15.9 Å². The van der Waals surface area contributed by atoms with E-state index in [9.17, 15) is 4.79 Å². The van der Waals surface area contributed by atoms with Crippen molar-refractivity contribution in [3.05, 3.63) is 35.4 Å². The summed E-state index contributed by atoms with van der Waals surface area (Å²) < 4.78 is 4.63. The number of carbonyl (C=O) groups is 1. The fourth-order valence-corrected chi connectivity index (χ4v) is 1.28. The average molecular weight is 207 g/mol. The number of benzene rings is 1. The summed E-state index contributed by atoms with van der Waals surface area (Å²) in [6.07, 6.45) is 0.994. The number of ether oxygens (including phenoxy) is 1. The Bertz CT molecular complexity index is 317. The Morgan fingerprint density at radius 1 is 1.27 bits per heavy atom. The van der Waals surface area contributed by atoms with Gasteiger partial charge in [0.05, 0.1) is 12.7 Å². The van der Waals surface area contributed by atoms with Crippen LogP contribution >= 0.6 is 0 Å². The second-order valence-corrected chi connectivity index (χ2v) is 3.74. The van der Waals surface area contributed by atoms with Gasteiger partial charge in [0.2, 0.25) is 0 Å². The summed E-state index contributed by atoms with van der Waals surface area (Å²) in [5.41, 5.74) is 1.84. The van der Waals surface area contributed by atoms with Crippen LogP contribution in [0.5, 0.6) is 0 Å². The molecule has 0 unspecified atom stereocenters. The molecule has 0 N–H and O–H groups in total. The molecule has 1 aromatic rings. The number of hydrogen-bond donors (Lipinski definition) is 0. The molecule has 0 fully saturated rings. The van der Waals surface area contributed by atoms with Gasteiger partial charge >= 0.3 is 5.97 Å². The minimum atomic E-state index is -0.283. The molecule has 0 aliphatic rings. The lowest BCUT2D eigenvalue weighted by atomic mass is 10.1. The molecule has 0 radical (unpaired) electrons. The first-order chi connectivity index (χ1) is 7.13. The highest BCUT2D eigenvalue weighted by molar-refractivity contribution is 5.89. The number of esters is 1. The fraction of sp³-hybridized carbons (Fsp3) is 0.417. The molecule has 15 heavy (non-hydrogen) atoms. The van der Waals surface area contributed by atoms with Crippen LogP contribution in [0.2, 0.25) is 0 Å². The van der Waals surface area contributed by atoms with Gasteiger partial charge in [0.25, 0.3) is 0 Å². The first-order valence-electron chi connectivity index (χ1n) is 4.95. The van der Waals surface area contributed by atoms with Gasteiger partial charge in [0.15, 0.2) is 0 Å². The largest absolute Gasteiger partial charge is 0.465 e. The molecular weight excluding hydrogens is 190 g/mol. The van der Waals surface area contributed by atoms with Crippen LogP contribution in [0.25, 0.3) is 0 Å². The van der Waals surface area contributed by atoms with Crippen LogP contribution in [0.4, 0.5) is 0 Å². The quantitative estimate of drug-likeness (QED) is 0.702. The van der Waals surface area contributed by atoms with Crippen LogP contribution in [0.15, 0.2) is 24.3 Å². The zero-order valence-electron chi connectivity index (χ0n) is 9.49. The Balaban J connectivity index is 2.60.